The quantitative estimate of drug-likeness (QED) is 0.383. The molecule has 6 nitrogen and oxygen atoms in total. The average Bonchev–Trinajstić information content (AvgIpc) is 2.67. The number of hydrogen-bond donors (Lipinski definition) is 1. The van der Waals surface area contributed by atoms with Crippen molar-refractivity contribution in [1.82, 2.24) is 0 Å². The number of carboxylic acid groups (broad SMARTS) is 1. The molecule has 0 aliphatic rings. The van der Waals surface area contributed by atoms with Gasteiger partial charge in [-0.25, -0.2) is 0 Å². The molecule has 1 heterocycles. The molecule has 11 heteroatoms. The van der Waals surface area contributed by atoms with Gasteiger partial charge in [0.1, 0.15) is 17.3 Å². The van der Waals surface area contributed by atoms with Crippen LogP contribution in [0, 0.1) is 0 Å². The molecule has 0 fully saturated rings. The number of fused-ring (bicyclic) bond motifs is 1. The first-order chi connectivity index (χ1) is 14.5. The maximum absolute atomic E-state index is 12.6. The van der Waals surface area contributed by atoms with Crippen LogP contribution in [0.5, 0.6) is 11.5 Å². The summed E-state index contributed by atoms with van der Waals surface area (Å²) >= 11 is 9.45. The molecule has 3 aromatic rings. The molecule has 1 N–H and O–H groups in total. The first kappa shape index (κ1) is 23.0. The van der Waals surface area contributed by atoms with E-state index in [9.17, 15) is 22.8 Å². The van der Waals surface area contributed by atoms with E-state index in [2.05, 4.69) is 20.7 Å². The molecule has 3 rings (SSSR count). The standard InChI is InChI=1S/C20H13BrClF3O6/c21-13-6-5-11-14(26)9-16(30-19(11)18(13)22)12-4-3-10(31-20(23,24)25)8-15(12)29-7-1-2-17(27)28/h3-6,8-9H,1-2,7H2,(H,27,28). The van der Waals surface area contributed by atoms with Gasteiger partial charge in [0.2, 0.25) is 0 Å². The third-order valence-corrected chi connectivity index (χ3v) is 5.30. The van der Waals surface area contributed by atoms with Gasteiger partial charge in [-0.2, -0.15) is 0 Å². The first-order valence-electron chi connectivity index (χ1n) is 8.72. The Morgan fingerprint density at radius 2 is 1.94 bits per heavy atom. The Balaban J connectivity index is 2.07. The summed E-state index contributed by atoms with van der Waals surface area (Å²) in [6, 6.07) is 7.53. The Hall–Kier alpha value is -2.72. The maximum Gasteiger partial charge on any atom is 0.573 e. The highest BCUT2D eigenvalue weighted by Crippen LogP contribution is 2.38. The van der Waals surface area contributed by atoms with Crippen LogP contribution in [0.25, 0.3) is 22.3 Å². The van der Waals surface area contributed by atoms with Crippen molar-refractivity contribution in [2.45, 2.75) is 19.2 Å². The SMILES string of the molecule is O=C(O)CCCOc1cc(OC(F)(F)F)ccc1-c1cc(=O)c2ccc(Br)c(Cl)c2o1. The highest BCUT2D eigenvalue weighted by Gasteiger charge is 2.31. The van der Waals surface area contributed by atoms with E-state index in [1.807, 2.05) is 0 Å². The smallest absolute Gasteiger partial charge is 0.493 e. The predicted octanol–water partition coefficient (Wildman–Crippen LogP) is 6.02. The highest BCUT2D eigenvalue weighted by molar-refractivity contribution is 9.10. The summed E-state index contributed by atoms with van der Waals surface area (Å²) < 4.78 is 53.4. The Bertz CT molecular complexity index is 1190. The first-order valence-corrected chi connectivity index (χ1v) is 9.89. The Labute approximate surface area is 186 Å². The normalized spacial score (nSPS) is 11.5. The number of ether oxygens (including phenoxy) is 2. The van der Waals surface area contributed by atoms with Crippen molar-refractivity contribution in [2.75, 3.05) is 6.61 Å². The van der Waals surface area contributed by atoms with Crippen LogP contribution in [-0.2, 0) is 4.79 Å². The minimum absolute atomic E-state index is 0.00398. The summed E-state index contributed by atoms with van der Waals surface area (Å²) in [5.41, 5.74) is -0.163. The van der Waals surface area contributed by atoms with Crippen LogP contribution in [0.1, 0.15) is 12.8 Å². The van der Waals surface area contributed by atoms with Crippen molar-refractivity contribution in [3.05, 3.63) is 56.1 Å². The monoisotopic (exact) mass is 520 g/mol. The zero-order chi connectivity index (χ0) is 22.8. The molecule has 31 heavy (non-hydrogen) atoms. The van der Waals surface area contributed by atoms with Crippen molar-refractivity contribution in [3.8, 4) is 22.8 Å². The van der Waals surface area contributed by atoms with Crippen molar-refractivity contribution < 1.29 is 37.0 Å². The molecule has 0 aliphatic heterocycles. The molecular formula is C20H13BrClF3O6. The number of carbonyl (C=O) groups is 1. The van der Waals surface area contributed by atoms with E-state index in [1.54, 1.807) is 6.07 Å². The van der Waals surface area contributed by atoms with Crippen LogP contribution < -0.4 is 14.9 Å². The summed E-state index contributed by atoms with van der Waals surface area (Å²) in [6.45, 7) is -0.0983. The maximum atomic E-state index is 12.6. The minimum atomic E-state index is -4.92. The van der Waals surface area contributed by atoms with Gasteiger partial charge in [-0.05, 0) is 46.6 Å². The van der Waals surface area contributed by atoms with E-state index in [4.69, 9.17) is 25.9 Å². The predicted molar refractivity (Wildman–Crippen MR) is 110 cm³/mol. The van der Waals surface area contributed by atoms with Crippen LogP contribution in [0.3, 0.4) is 0 Å². The molecule has 0 spiro atoms. The van der Waals surface area contributed by atoms with E-state index in [0.717, 1.165) is 18.2 Å². The molecule has 0 unspecified atom stereocenters. The van der Waals surface area contributed by atoms with E-state index in [1.165, 1.54) is 12.1 Å². The van der Waals surface area contributed by atoms with E-state index in [-0.39, 0.29) is 52.5 Å². The summed E-state index contributed by atoms with van der Waals surface area (Å²) in [7, 11) is 0. The van der Waals surface area contributed by atoms with Gasteiger partial charge < -0.3 is 19.0 Å². The minimum Gasteiger partial charge on any atom is -0.493 e. The van der Waals surface area contributed by atoms with Crippen molar-refractivity contribution >= 4 is 44.5 Å². The summed E-state index contributed by atoms with van der Waals surface area (Å²) in [5.74, 6) is -1.67. The Morgan fingerprint density at radius 3 is 2.61 bits per heavy atom. The van der Waals surface area contributed by atoms with E-state index in [0.29, 0.717) is 4.47 Å². The number of alkyl halides is 3. The Morgan fingerprint density at radius 1 is 1.19 bits per heavy atom. The van der Waals surface area contributed by atoms with Crippen LogP contribution in [0.4, 0.5) is 13.2 Å². The lowest BCUT2D eigenvalue weighted by Gasteiger charge is -2.15. The molecular weight excluding hydrogens is 509 g/mol. The summed E-state index contributed by atoms with van der Waals surface area (Å²) in [6.07, 6.45) is -5.00. The molecule has 0 saturated heterocycles. The average molecular weight is 522 g/mol. The molecule has 0 saturated carbocycles. The molecule has 164 valence electrons. The zero-order valence-electron chi connectivity index (χ0n) is 15.5. The lowest BCUT2D eigenvalue weighted by atomic mass is 10.1. The molecule has 0 aliphatic carbocycles. The third-order valence-electron chi connectivity index (χ3n) is 4.03. The fourth-order valence-corrected chi connectivity index (χ4v) is 3.24. The van der Waals surface area contributed by atoms with Crippen LogP contribution in [-0.4, -0.2) is 24.0 Å². The lowest BCUT2D eigenvalue weighted by molar-refractivity contribution is -0.274. The van der Waals surface area contributed by atoms with Gasteiger partial charge in [0.25, 0.3) is 0 Å². The van der Waals surface area contributed by atoms with Crippen LogP contribution in [0.2, 0.25) is 5.02 Å². The topological polar surface area (TPSA) is 86.0 Å². The molecule has 0 amide bonds. The van der Waals surface area contributed by atoms with Gasteiger partial charge in [0, 0.05) is 23.0 Å². The fourth-order valence-electron chi connectivity index (χ4n) is 2.72. The molecule has 2 aromatic carbocycles. The van der Waals surface area contributed by atoms with Crippen LogP contribution >= 0.6 is 27.5 Å². The second kappa shape index (κ2) is 9.19. The molecule has 0 bridgehead atoms. The zero-order valence-corrected chi connectivity index (χ0v) is 17.8. The van der Waals surface area contributed by atoms with Gasteiger partial charge in [-0.15, -0.1) is 13.2 Å². The second-order valence-corrected chi connectivity index (χ2v) is 7.50. The Kier molecular flexibility index (Phi) is 6.80. The third kappa shape index (κ3) is 5.71. The van der Waals surface area contributed by atoms with E-state index < -0.39 is 23.5 Å². The molecule has 0 radical (unpaired) electrons. The van der Waals surface area contributed by atoms with Crippen molar-refractivity contribution in [2.24, 2.45) is 0 Å². The number of aliphatic carboxylic acids is 1. The van der Waals surface area contributed by atoms with Gasteiger partial charge in [0.15, 0.2) is 11.0 Å². The molecule has 0 atom stereocenters. The number of halogens is 5. The summed E-state index contributed by atoms with van der Waals surface area (Å²) in [5, 5.41) is 9.10. The molecule has 1 aromatic heterocycles. The van der Waals surface area contributed by atoms with Gasteiger partial charge in [0.05, 0.1) is 22.6 Å². The van der Waals surface area contributed by atoms with E-state index >= 15 is 0 Å². The van der Waals surface area contributed by atoms with Crippen molar-refractivity contribution in [3.63, 3.8) is 0 Å². The fraction of sp³-hybridized carbons (Fsp3) is 0.200. The largest absolute Gasteiger partial charge is 0.573 e. The number of rotatable bonds is 7. The van der Waals surface area contributed by atoms with Gasteiger partial charge >= 0.3 is 12.3 Å². The second-order valence-electron chi connectivity index (χ2n) is 6.26. The van der Waals surface area contributed by atoms with Gasteiger partial charge in [-0.3, -0.25) is 9.59 Å². The highest BCUT2D eigenvalue weighted by atomic mass is 79.9. The number of carboxylic acids is 1. The summed E-state index contributed by atoms with van der Waals surface area (Å²) in [4.78, 5) is 23.2. The number of benzene rings is 2. The van der Waals surface area contributed by atoms with Crippen molar-refractivity contribution in [1.29, 1.82) is 0 Å². The van der Waals surface area contributed by atoms with Crippen LogP contribution in [0.15, 0.2) is 50.1 Å². The van der Waals surface area contributed by atoms with Gasteiger partial charge in [-0.1, -0.05) is 11.6 Å². The number of hydrogen-bond acceptors (Lipinski definition) is 5. The lowest BCUT2D eigenvalue weighted by Crippen LogP contribution is -2.17.